The fourth-order valence-corrected chi connectivity index (χ4v) is 3.88. The molecule has 0 saturated heterocycles. The first-order chi connectivity index (χ1) is 11.1. The molecule has 2 heterocycles. The lowest BCUT2D eigenvalue weighted by Gasteiger charge is -2.12. The minimum atomic E-state index is 0.453. The topological polar surface area (TPSA) is 49.3 Å². The number of nitrogens with one attached hydrogen (secondary N) is 2. The molecule has 4 nitrogen and oxygen atoms in total. The number of aliphatic imine (C=N–C) groups is 1. The van der Waals surface area contributed by atoms with Crippen LogP contribution in [0.3, 0.4) is 0 Å². The Bertz CT molecular complexity index is 597. The first kappa shape index (κ1) is 17.9. The van der Waals surface area contributed by atoms with Crippen LogP contribution in [0.2, 0.25) is 0 Å². The molecule has 0 bridgehead atoms. The molecule has 0 amide bonds. The number of aryl methyl sites for hydroxylation is 2. The lowest BCUT2D eigenvalue weighted by molar-refractivity contribution is 0.753. The second kappa shape index (κ2) is 9.03. The molecular formula is C17H26N4S2. The normalized spacial score (nSPS) is 13.1. The Morgan fingerprint density at radius 2 is 2.17 bits per heavy atom. The molecule has 0 radical (unpaired) electrons. The van der Waals surface area contributed by atoms with Gasteiger partial charge >= 0.3 is 0 Å². The summed E-state index contributed by atoms with van der Waals surface area (Å²) in [5, 5.41) is 10.0. The predicted octanol–water partition coefficient (Wildman–Crippen LogP) is 3.72. The average molecular weight is 351 g/mol. The Kier molecular flexibility index (Phi) is 7.05. The number of nitrogens with zero attached hydrogens (tertiary/aromatic N) is 2. The second-order valence-electron chi connectivity index (χ2n) is 5.56. The molecule has 2 rings (SSSR count). The third kappa shape index (κ3) is 5.62. The monoisotopic (exact) mass is 350 g/mol. The molecule has 2 aromatic heterocycles. The van der Waals surface area contributed by atoms with E-state index < -0.39 is 0 Å². The van der Waals surface area contributed by atoms with Crippen LogP contribution in [0.4, 0.5) is 0 Å². The molecule has 0 aliphatic carbocycles. The highest BCUT2D eigenvalue weighted by molar-refractivity contribution is 7.11. The van der Waals surface area contributed by atoms with Gasteiger partial charge in [-0.3, -0.25) is 4.99 Å². The van der Waals surface area contributed by atoms with E-state index >= 15 is 0 Å². The fraction of sp³-hybridized carbons (Fsp3) is 0.529. The van der Waals surface area contributed by atoms with Crippen molar-refractivity contribution >= 4 is 28.6 Å². The van der Waals surface area contributed by atoms with E-state index in [-0.39, 0.29) is 0 Å². The number of guanidine groups is 1. The zero-order chi connectivity index (χ0) is 16.7. The number of thiophene rings is 1. The van der Waals surface area contributed by atoms with Crippen LogP contribution in [-0.2, 0) is 6.42 Å². The van der Waals surface area contributed by atoms with Gasteiger partial charge in [-0.1, -0.05) is 13.0 Å². The Hall–Kier alpha value is -1.40. The molecule has 2 N–H and O–H groups in total. The van der Waals surface area contributed by atoms with Crippen molar-refractivity contribution in [2.45, 2.75) is 40.0 Å². The predicted molar refractivity (Wildman–Crippen MR) is 102 cm³/mol. The average Bonchev–Trinajstić information content (AvgIpc) is 3.15. The van der Waals surface area contributed by atoms with Gasteiger partial charge in [-0.25, -0.2) is 4.98 Å². The van der Waals surface area contributed by atoms with Gasteiger partial charge in [-0.2, -0.15) is 0 Å². The maximum atomic E-state index is 4.71. The van der Waals surface area contributed by atoms with Gasteiger partial charge in [0.2, 0.25) is 0 Å². The Morgan fingerprint density at radius 1 is 1.35 bits per heavy atom. The molecule has 23 heavy (non-hydrogen) atoms. The van der Waals surface area contributed by atoms with Gasteiger partial charge < -0.3 is 10.6 Å². The highest BCUT2D eigenvalue weighted by Gasteiger charge is 2.07. The molecule has 0 aliphatic heterocycles. The standard InChI is InChI=1S/C17H26N4S2/c1-5-18-17(20-11-12(2)15-7-6-10-22-15)19-9-8-16-21-13(3)14(4)23-16/h6-7,10,12H,5,8-9,11H2,1-4H3,(H2,18,19,20). The molecule has 0 fully saturated rings. The van der Waals surface area contributed by atoms with Crippen molar-refractivity contribution in [2.75, 3.05) is 19.6 Å². The van der Waals surface area contributed by atoms with Crippen LogP contribution in [0, 0.1) is 13.8 Å². The molecule has 0 saturated carbocycles. The van der Waals surface area contributed by atoms with Crippen LogP contribution in [0.5, 0.6) is 0 Å². The van der Waals surface area contributed by atoms with Crippen LogP contribution >= 0.6 is 22.7 Å². The third-order valence-electron chi connectivity index (χ3n) is 3.60. The van der Waals surface area contributed by atoms with E-state index in [1.54, 1.807) is 22.7 Å². The summed E-state index contributed by atoms with van der Waals surface area (Å²) < 4.78 is 0. The maximum absolute atomic E-state index is 4.71. The van der Waals surface area contributed by atoms with Crippen molar-refractivity contribution in [3.05, 3.63) is 38.0 Å². The minimum absolute atomic E-state index is 0.453. The summed E-state index contributed by atoms with van der Waals surface area (Å²) in [6.45, 7) is 11.0. The molecule has 126 valence electrons. The summed E-state index contributed by atoms with van der Waals surface area (Å²) in [5.41, 5.74) is 1.15. The lowest BCUT2D eigenvalue weighted by Crippen LogP contribution is -2.38. The second-order valence-corrected chi connectivity index (χ2v) is 7.83. The molecule has 0 aromatic carbocycles. The molecule has 2 aromatic rings. The number of rotatable bonds is 7. The Balaban J connectivity index is 1.83. The first-order valence-corrected chi connectivity index (χ1v) is 9.78. The van der Waals surface area contributed by atoms with Crippen molar-refractivity contribution < 1.29 is 0 Å². The van der Waals surface area contributed by atoms with Gasteiger partial charge in [0, 0.05) is 35.2 Å². The number of thiazole rings is 1. The molecule has 6 heteroatoms. The SMILES string of the molecule is CCNC(=NCC(C)c1cccs1)NCCc1nc(C)c(C)s1. The zero-order valence-corrected chi connectivity index (χ0v) is 16.0. The lowest BCUT2D eigenvalue weighted by atomic mass is 10.1. The molecule has 0 aliphatic rings. The van der Waals surface area contributed by atoms with E-state index in [0.717, 1.165) is 37.7 Å². The van der Waals surface area contributed by atoms with Gasteiger partial charge in [0.05, 0.1) is 17.2 Å². The zero-order valence-electron chi connectivity index (χ0n) is 14.3. The summed E-state index contributed by atoms with van der Waals surface area (Å²) in [6, 6.07) is 4.28. The third-order valence-corrected chi connectivity index (χ3v) is 5.84. The number of aromatic nitrogens is 1. The van der Waals surface area contributed by atoms with Crippen LogP contribution in [0.1, 0.15) is 40.2 Å². The highest BCUT2D eigenvalue weighted by atomic mass is 32.1. The van der Waals surface area contributed by atoms with Gasteiger partial charge in [0.1, 0.15) is 0 Å². The van der Waals surface area contributed by atoms with E-state index in [4.69, 9.17) is 4.99 Å². The largest absolute Gasteiger partial charge is 0.357 e. The molecular weight excluding hydrogens is 324 g/mol. The summed E-state index contributed by atoms with van der Waals surface area (Å²) in [4.78, 5) is 12.0. The molecule has 0 spiro atoms. The van der Waals surface area contributed by atoms with Gasteiger partial charge in [0.25, 0.3) is 0 Å². The van der Waals surface area contributed by atoms with E-state index in [1.807, 2.05) is 0 Å². The highest BCUT2D eigenvalue weighted by Crippen LogP contribution is 2.20. The summed E-state index contributed by atoms with van der Waals surface area (Å²) in [5.74, 6) is 1.34. The van der Waals surface area contributed by atoms with Crippen molar-refractivity contribution in [1.29, 1.82) is 0 Å². The smallest absolute Gasteiger partial charge is 0.191 e. The van der Waals surface area contributed by atoms with Crippen molar-refractivity contribution in [2.24, 2.45) is 4.99 Å². The van der Waals surface area contributed by atoms with E-state index in [9.17, 15) is 0 Å². The van der Waals surface area contributed by atoms with Crippen LogP contribution in [-0.4, -0.2) is 30.6 Å². The maximum Gasteiger partial charge on any atom is 0.191 e. The van der Waals surface area contributed by atoms with Crippen molar-refractivity contribution in [3.63, 3.8) is 0 Å². The first-order valence-electron chi connectivity index (χ1n) is 8.08. The minimum Gasteiger partial charge on any atom is -0.357 e. The van der Waals surface area contributed by atoms with E-state index in [2.05, 4.69) is 60.8 Å². The molecule has 1 atom stereocenters. The Labute approximate surface area is 147 Å². The quantitative estimate of drug-likeness (QED) is 0.591. The summed E-state index contributed by atoms with van der Waals surface area (Å²) in [6.07, 6.45) is 0.935. The fourth-order valence-electron chi connectivity index (χ4n) is 2.17. The Morgan fingerprint density at radius 3 is 2.78 bits per heavy atom. The van der Waals surface area contributed by atoms with Gasteiger partial charge in [-0.15, -0.1) is 22.7 Å². The van der Waals surface area contributed by atoms with Crippen LogP contribution < -0.4 is 10.6 Å². The van der Waals surface area contributed by atoms with Crippen LogP contribution in [0.15, 0.2) is 22.5 Å². The van der Waals surface area contributed by atoms with Crippen molar-refractivity contribution in [1.82, 2.24) is 15.6 Å². The van der Waals surface area contributed by atoms with Crippen LogP contribution in [0.25, 0.3) is 0 Å². The van der Waals surface area contributed by atoms with E-state index in [0.29, 0.717) is 5.92 Å². The van der Waals surface area contributed by atoms with Gasteiger partial charge in [0.15, 0.2) is 5.96 Å². The number of hydrogen-bond acceptors (Lipinski definition) is 4. The van der Waals surface area contributed by atoms with Gasteiger partial charge in [-0.05, 0) is 32.2 Å². The summed E-state index contributed by atoms with van der Waals surface area (Å²) >= 11 is 3.58. The number of hydrogen-bond donors (Lipinski definition) is 2. The van der Waals surface area contributed by atoms with E-state index in [1.165, 1.54) is 14.8 Å². The summed E-state index contributed by atoms with van der Waals surface area (Å²) in [7, 11) is 0. The van der Waals surface area contributed by atoms with Crippen molar-refractivity contribution in [3.8, 4) is 0 Å². The molecule has 1 unspecified atom stereocenters.